The normalized spacial score (nSPS) is 10.5. The van der Waals surface area contributed by atoms with E-state index in [2.05, 4.69) is 0 Å². The molecule has 1 aromatic heterocycles. The van der Waals surface area contributed by atoms with Crippen molar-refractivity contribution in [3.05, 3.63) is 23.0 Å². The Morgan fingerprint density at radius 1 is 1.32 bits per heavy atom. The lowest BCUT2D eigenvalue weighted by Crippen LogP contribution is -2.13. The van der Waals surface area contributed by atoms with Crippen LogP contribution in [-0.4, -0.2) is 26.4 Å². The molecule has 0 fully saturated rings. The summed E-state index contributed by atoms with van der Waals surface area (Å²) in [6, 6.07) is 1.54. The molecule has 2 rings (SSSR count). The Kier molecular flexibility index (Phi) is 3.16. The van der Waals surface area contributed by atoms with Crippen LogP contribution in [0.4, 0.5) is 0 Å². The first kappa shape index (κ1) is 12.9. The number of fused-ring (bicyclic) bond motifs is 1. The van der Waals surface area contributed by atoms with Crippen LogP contribution in [0.2, 0.25) is 0 Å². The number of nitrogens with two attached hydrogens (primary N) is 1. The van der Waals surface area contributed by atoms with Crippen LogP contribution in [0.3, 0.4) is 0 Å². The van der Waals surface area contributed by atoms with Gasteiger partial charge in [-0.3, -0.25) is 9.59 Å². The maximum absolute atomic E-state index is 11.6. The number of amides is 1. The fraction of sp³-hybridized carbons (Fsp3) is 0.231. The number of aldehydes is 1. The summed E-state index contributed by atoms with van der Waals surface area (Å²) in [5.41, 5.74) is 6.22. The van der Waals surface area contributed by atoms with E-state index >= 15 is 0 Å². The molecule has 100 valence electrons. The standard InChI is InChI=1S/C13H13NO5/c1-6-9(5-15)19-12-10(6)7(17-2)4-8(18-3)11(12)13(14)16/h4-5H,1-3H3,(H2,14,16). The third-order valence-corrected chi connectivity index (χ3v) is 2.96. The zero-order valence-corrected chi connectivity index (χ0v) is 10.8. The fourth-order valence-electron chi connectivity index (χ4n) is 2.05. The second-order valence-corrected chi connectivity index (χ2v) is 3.93. The molecule has 0 unspecified atom stereocenters. The van der Waals surface area contributed by atoms with Gasteiger partial charge in [-0.05, 0) is 6.92 Å². The molecule has 0 aliphatic rings. The van der Waals surface area contributed by atoms with Gasteiger partial charge in [0.2, 0.25) is 0 Å². The molecule has 2 N–H and O–H groups in total. The second kappa shape index (κ2) is 4.64. The van der Waals surface area contributed by atoms with E-state index in [9.17, 15) is 9.59 Å². The van der Waals surface area contributed by atoms with Gasteiger partial charge in [0.05, 0.1) is 19.6 Å². The number of hydrogen-bond donors (Lipinski definition) is 1. The predicted molar refractivity (Wildman–Crippen MR) is 68.0 cm³/mol. The van der Waals surface area contributed by atoms with Crippen LogP contribution in [0.5, 0.6) is 11.5 Å². The summed E-state index contributed by atoms with van der Waals surface area (Å²) in [4.78, 5) is 22.5. The fourth-order valence-corrected chi connectivity index (χ4v) is 2.05. The van der Waals surface area contributed by atoms with Crippen molar-refractivity contribution in [3.63, 3.8) is 0 Å². The summed E-state index contributed by atoms with van der Waals surface area (Å²) < 4.78 is 15.7. The maximum Gasteiger partial charge on any atom is 0.256 e. The summed E-state index contributed by atoms with van der Waals surface area (Å²) >= 11 is 0. The van der Waals surface area contributed by atoms with Gasteiger partial charge in [-0.1, -0.05) is 0 Å². The van der Waals surface area contributed by atoms with Gasteiger partial charge in [0, 0.05) is 11.6 Å². The Balaban J connectivity index is 2.99. The zero-order valence-electron chi connectivity index (χ0n) is 10.8. The zero-order chi connectivity index (χ0) is 14.2. The molecule has 6 heteroatoms. The quantitative estimate of drug-likeness (QED) is 0.847. The minimum absolute atomic E-state index is 0.0921. The third-order valence-electron chi connectivity index (χ3n) is 2.96. The molecule has 0 bridgehead atoms. The predicted octanol–water partition coefficient (Wildman–Crippen LogP) is 1.67. The summed E-state index contributed by atoms with van der Waals surface area (Å²) in [7, 11) is 2.88. The maximum atomic E-state index is 11.6. The first-order chi connectivity index (χ1) is 9.04. The topological polar surface area (TPSA) is 91.8 Å². The van der Waals surface area contributed by atoms with Gasteiger partial charge in [0.25, 0.3) is 5.91 Å². The van der Waals surface area contributed by atoms with Crippen molar-refractivity contribution >= 4 is 23.2 Å². The van der Waals surface area contributed by atoms with Gasteiger partial charge in [0.15, 0.2) is 17.6 Å². The molecule has 0 aliphatic carbocycles. The largest absolute Gasteiger partial charge is 0.496 e. The Morgan fingerprint density at radius 3 is 2.42 bits per heavy atom. The number of methoxy groups -OCH3 is 2. The molecule has 1 aromatic carbocycles. The van der Waals surface area contributed by atoms with Gasteiger partial charge in [-0.15, -0.1) is 0 Å². The number of carbonyl (C=O) groups excluding carboxylic acids is 2. The summed E-state index contributed by atoms with van der Waals surface area (Å²) in [5, 5.41) is 0.541. The van der Waals surface area contributed by atoms with E-state index in [-0.39, 0.29) is 22.7 Å². The van der Waals surface area contributed by atoms with Crippen LogP contribution in [0, 0.1) is 6.92 Å². The van der Waals surface area contributed by atoms with E-state index in [1.54, 1.807) is 13.0 Å². The highest BCUT2D eigenvalue weighted by Crippen LogP contribution is 2.39. The smallest absolute Gasteiger partial charge is 0.256 e. The number of aryl methyl sites for hydroxylation is 1. The van der Waals surface area contributed by atoms with E-state index in [4.69, 9.17) is 19.6 Å². The average Bonchev–Trinajstić information content (AvgIpc) is 2.73. The van der Waals surface area contributed by atoms with Gasteiger partial charge in [0.1, 0.15) is 17.1 Å². The van der Waals surface area contributed by atoms with Crippen LogP contribution in [0.1, 0.15) is 26.5 Å². The molecule has 0 saturated heterocycles. The first-order valence-electron chi connectivity index (χ1n) is 5.48. The van der Waals surface area contributed by atoms with Crippen molar-refractivity contribution in [1.29, 1.82) is 0 Å². The van der Waals surface area contributed by atoms with Crippen LogP contribution < -0.4 is 15.2 Å². The summed E-state index contributed by atoms with van der Waals surface area (Å²) in [5.74, 6) is 0.119. The molecule has 2 aromatic rings. The van der Waals surface area contributed by atoms with Crippen molar-refractivity contribution in [2.45, 2.75) is 6.92 Å². The van der Waals surface area contributed by atoms with Crippen molar-refractivity contribution < 1.29 is 23.5 Å². The number of rotatable bonds is 4. The Labute approximate surface area is 109 Å². The van der Waals surface area contributed by atoms with Crippen LogP contribution in [0.15, 0.2) is 10.5 Å². The SMILES string of the molecule is COc1cc(OC)c2c(C)c(C=O)oc2c1C(N)=O. The number of carbonyl (C=O) groups is 2. The van der Waals surface area contributed by atoms with Gasteiger partial charge >= 0.3 is 0 Å². The number of ether oxygens (including phenoxy) is 2. The molecule has 6 nitrogen and oxygen atoms in total. The Bertz CT molecular complexity index is 671. The van der Waals surface area contributed by atoms with Crippen molar-refractivity contribution in [1.82, 2.24) is 0 Å². The van der Waals surface area contributed by atoms with Crippen LogP contribution in [0.25, 0.3) is 11.0 Å². The summed E-state index contributed by atoms with van der Waals surface area (Å²) in [6.07, 6.45) is 0.575. The molecule has 0 radical (unpaired) electrons. The monoisotopic (exact) mass is 263 g/mol. The van der Waals surface area contributed by atoms with Crippen molar-refractivity contribution in [2.75, 3.05) is 14.2 Å². The number of hydrogen-bond acceptors (Lipinski definition) is 5. The average molecular weight is 263 g/mol. The highest BCUT2D eigenvalue weighted by Gasteiger charge is 2.24. The van der Waals surface area contributed by atoms with E-state index in [1.165, 1.54) is 14.2 Å². The number of furan rings is 1. The molecule has 1 amide bonds. The lowest BCUT2D eigenvalue weighted by atomic mass is 10.1. The number of primary amides is 1. The van der Waals surface area contributed by atoms with E-state index in [1.807, 2.05) is 0 Å². The molecule has 0 atom stereocenters. The van der Waals surface area contributed by atoms with E-state index in [0.29, 0.717) is 23.0 Å². The van der Waals surface area contributed by atoms with Crippen LogP contribution >= 0.6 is 0 Å². The van der Waals surface area contributed by atoms with Crippen molar-refractivity contribution in [2.24, 2.45) is 5.73 Å². The van der Waals surface area contributed by atoms with Gasteiger partial charge in [-0.25, -0.2) is 0 Å². The Morgan fingerprint density at radius 2 is 1.95 bits per heavy atom. The molecule has 0 aliphatic heterocycles. The second-order valence-electron chi connectivity index (χ2n) is 3.93. The molecule has 0 saturated carbocycles. The van der Waals surface area contributed by atoms with Gasteiger partial charge in [-0.2, -0.15) is 0 Å². The molecular weight excluding hydrogens is 250 g/mol. The lowest BCUT2D eigenvalue weighted by Gasteiger charge is -2.09. The Hall–Kier alpha value is -2.50. The molecular formula is C13H13NO5. The highest BCUT2D eigenvalue weighted by molar-refractivity contribution is 6.10. The van der Waals surface area contributed by atoms with E-state index in [0.717, 1.165) is 0 Å². The number of benzene rings is 1. The van der Waals surface area contributed by atoms with Gasteiger partial charge < -0.3 is 19.6 Å². The molecule has 19 heavy (non-hydrogen) atoms. The minimum Gasteiger partial charge on any atom is -0.496 e. The van der Waals surface area contributed by atoms with E-state index < -0.39 is 5.91 Å². The van der Waals surface area contributed by atoms with Crippen molar-refractivity contribution in [3.8, 4) is 11.5 Å². The first-order valence-corrected chi connectivity index (χ1v) is 5.48. The van der Waals surface area contributed by atoms with Crippen LogP contribution in [-0.2, 0) is 0 Å². The third kappa shape index (κ3) is 1.81. The lowest BCUT2D eigenvalue weighted by molar-refractivity contribution is 0.0996. The molecule has 0 spiro atoms. The summed E-state index contributed by atoms with van der Waals surface area (Å²) in [6.45, 7) is 1.70. The minimum atomic E-state index is -0.698. The highest BCUT2D eigenvalue weighted by atomic mass is 16.5. The molecule has 1 heterocycles.